The second kappa shape index (κ2) is 9.71. The Kier molecular flexibility index (Phi) is 9.18. The Hall–Kier alpha value is -0.830. The van der Waals surface area contributed by atoms with Gasteiger partial charge < -0.3 is 10.6 Å². The van der Waals surface area contributed by atoms with Crippen LogP contribution in [-0.2, 0) is 4.79 Å². The molecule has 0 aliphatic carbocycles. The molecule has 0 atom stereocenters. The van der Waals surface area contributed by atoms with Gasteiger partial charge in [0.15, 0.2) is 0 Å². The van der Waals surface area contributed by atoms with Crippen LogP contribution in [0.4, 0.5) is 0 Å². The standard InChI is InChI=1S/C12H24N2O/c1-3-11-14(4-2)12(15)9-7-5-6-8-10-13/h3H,1,4-11,13H2,2H3. The lowest BCUT2D eigenvalue weighted by Crippen LogP contribution is -2.30. The summed E-state index contributed by atoms with van der Waals surface area (Å²) < 4.78 is 0. The summed E-state index contributed by atoms with van der Waals surface area (Å²) in [5, 5.41) is 0. The van der Waals surface area contributed by atoms with E-state index < -0.39 is 0 Å². The van der Waals surface area contributed by atoms with E-state index in [-0.39, 0.29) is 5.91 Å². The molecule has 88 valence electrons. The van der Waals surface area contributed by atoms with E-state index in [4.69, 9.17) is 5.73 Å². The van der Waals surface area contributed by atoms with Gasteiger partial charge in [-0.3, -0.25) is 4.79 Å². The van der Waals surface area contributed by atoms with Crippen molar-refractivity contribution in [3.8, 4) is 0 Å². The highest BCUT2D eigenvalue weighted by Crippen LogP contribution is 2.05. The molecule has 0 fully saturated rings. The van der Waals surface area contributed by atoms with Gasteiger partial charge in [0, 0.05) is 19.5 Å². The summed E-state index contributed by atoms with van der Waals surface area (Å²) in [6, 6.07) is 0. The minimum absolute atomic E-state index is 0.241. The van der Waals surface area contributed by atoms with E-state index in [1.807, 2.05) is 11.8 Å². The number of likely N-dealkylation sites (N-methyl/N-ethyl adjacent to an activating group) is 1. The second-order valence-corrected chi connectivity index (χ2v) is 3.67. The van der Waals surface area contributed by atoms with Gasteiger partial charge >= 0.3 is 0 Å². The molecule has 1 amide bonds. The van der Waals surface area contributed by atoms with Crippen molar-refractivity contribution in [3.63, 3.8) is 0 Å². The first kappa shape index (κ1) is 14.2. The van der Waals surface area contributed by atoms with E-state index in [1.54, 1.807) is 6.08 Å². The molecule has 3 heteroatoms. The largest absolute Gasteiger partial charge is 0.339 e. The Bertz CT molecular complexity index is 180. The maximum absolute atomic E-state index is 11.7. The zero-order valence-corrected chi connectivity index (χ0v) is 9.87. The summed E-state index contributed by atoms with van der Waals surface area (Å²) in [4.78, 5) is 13.5. The van der Waals surface area contributed by atoms with E-state index in [2.05, 4.69) is 6.58 Å². The SMILES string of the molecule is C=CCN(CC)C(=O)CCCCCCN. The minimum Gasteiger partial charge on any atom is -0.339 e. The topological polar surface area (TPSA) is 46.3 Å². The van der Waals surface area contributed by atoms with Crippen LogP contribution >= 0.6 is 0 Å². The summed E-state index contributed by atoms with van der Waals surface area (Å²) in [5.41, 5.74) is 5.39. The van der Waals surface area contributed by atoms with Gasteiger partial charge in [-0.15, -0.1) is 6.58 Å². The molecule has 2 N–H and O–H groups in total. The Morgan fingerprint density at radius 2 is 2.00 bits per heavy atom. The van der Waals surface area contributed by atoms with Gasteiger partial charge in [0.25, 0.3) is 0 Å². The minimum atomic E-state index is 0.241. The summed E-state index contributed by atoms with van der Waals surface area (Å²) in [6.45, 7) is 7.83. The molecular formula is C12H24N2O. The molecule has 0 aliphatic heterocycles. The van der Waals surface area contributed by atoms with Crippen molar-refractivity contribution in [2.45, 2.75) is 39.0 Å². The van der Waals surface area contributed by atoms with Crippen LogP contribution < -0.4 is 5.73 Å². The first-order valence-corrected chi connectivity index (χ1v) is 5.85. The lowest BCUT2D eigenvalue weighted by Gasteiger charge is -2.18. The third kappa shape index (κ3) is 7.14. The molecule has 0 rings (SSSR count). The Morgan fingerprint density at radius 3 is 2.53 bits per heavy atom. The zero-order valence-electron chi connectivity index (χ0n) is 9.87. The van der Waals surface area contributed by atoms with E-state index in [1.165, 1.54) is 0 Å². The van der Waals surface area contributed by atoms with Gasteiger partial charge in [0.2, 0.25) is 5.91 Å². The third-order valence-corrected chi connectivity index (χ3v) is 2.43. The average molecular weight is 212 g/mol. The number of hydrogen-bond donors (Lipinski definition) is 1. The van der Waals surface area contributed by atoms with E-state index in [0.717, 1.165) is 38.8 Å². The summed E-state index contributed by atoms with van der Waals surface area (Å²) in [5.74, 6) is 0.241. The van der Waals surface area contributed by atoms with Crippen LogP contribution in [0.5, 0.6) is 0 Å². The highest BCUT2D eigenvalue weighted by molar-refractivity contribution is 5.76. The second-order valence-electron chi connectivity index (χ2n) is 3.67. The zero-order chi connectivity index (χ0) is 11.5. The first-order valence-electron chi connectivity index (χ1n) is 5.85. The number of unbranched alkanes of at least 4 members (excludes halogenated alkanes) is 3. The van der Waals surface area contributed by atoms with Gasteiger partial charge in [0.1, 0.15) is 0 Å². The molecule has 0 bridgehead atoms. The molecule has 0 unspecified atom stereocenters. The van der Waals surface area contributed by atoms with Crippen molar-refractivity contribution in [2.75, 3.05) is 19.6 Å². The van der Waals surface area contributed by atoms with Gasteiger partial charge in [0.05, 0.1) is 0 Å². The number of amides is 1. The van der Waals surface area contributed by atoms with Crippen molar-refractivity contribution >= 4 is 5.91 Å². The molecule has 0 spiro atoms. The molecule has 0 saturated carbocycles. The van der Waals surface area contributed by atoms with Crippen molar-refractivity contribution in [1.82, 2.24) is 4.90 Å². The fourth-order valence-corrected chi connectivity index (χ4v) is 1.50. The third-order valence-electron chi connectivity index (χ3n) is 2.43. The maximum atomic E-state index is 11.7. The first-order chi connectivity index (χ1) is 7.26. The van der Waals surface area contributed by atoms with Crippen molar-refractivity contribution < 1.29 is 4.79 Å². The van der Waals surface area contributed by atoms with Crippen molar-refractivity contribution in [3.05, 3.63) is 12.7 Å². The van der Waals surface area contributed by atoms with Gasteiger partial charge in [-0.1, -0.05) is 18.9 Å². The summed E-state index contributed by atoms with van der Waals surface area (Å²) in [7, 11) is 0. The fraction of sp³-hybridized carbons (Fsp3) is 0.750. The molecule has 0 saturated heterocycles. The number of rotatable bonds is 9. The summed E-state index contributed by atoms with van der Waals surface area (Å²) in [6.07, 6.45) is 6.72. The van der Waals surface area contributed by atoms with Crippen LogP contribution in [0.2, 0.25) is 0 Å². The number of hydrogen-bond acceptors (Lipinski definition) is 2. The van der Waals surface area contributed by atoms with Crippen LogP contribution in [0.25, 0.3) is 0 Å². The van der Waals surface area contributed by atoms with Gasteiger partial charge in [-0.2, -0.15) is 0 Å². The predicted molar refractivity (Wildman–Crippen MR) is 64.6 cm³/mol. The van der Waals surface area contributed by atoms with Crippen molar-refractivity contribution in [1.29, 1.82) is 0 Å². The normalized spacial score (nSPS) is 10.0. The fourth-order valence-electron chi connectivity index (χ4n) is 1.50. The lowest BCUT2D eigenvalue weighted by molar-refractivity contribution is -0.130. The Morgan fingerprint density at radius 1 is 1.33 bits per heavy atom. The molecule has 0 aliphatic rings. The van der Waals surface area contributed by atoms with Crippen LogP contribution in [0.15, 0.2) is 12.7 Å². The van der Waals surface area contributed by atoms with Crippen molar-refractivity contribution in [2.24, 2.45) is 5.73 Å². The quantitative estimate of drug-likeness (QED) is 0.469. The van der Waals surface area contributed by atoms with E-state index >= 15 is 0 Å². The molecule has 0 aromatic carbocycles. The lowest BCUT2D eigenvalue weighted by atomic mass is 10.1. The number of carbonyl (C=O) groups is 1. The van der Waals surface area contributed by atoms with Crippen LogP contribution in [0.1, 0.15) is 39.0 Å². The number of carbonyl (C=O) groups excluding carboxylic acids is 1. The monoisotopic (exact) mass is 212 g/mol. The molecule has 0 radical (unpaired) electrons. The average Bonchev–Trinajstić information content (AvgIpc) is 2.25. The van der Waals surface area contributed by atoms with Crippen LogP contribution in [0, 0.1) is 0 Å². The summed E-state index contributed by atoms with van der Waals surface area (Å²) >= 11 is 0. The van der Waals surface area contributed by atoms with E-state index in [0.29, 0.717) is 13.0 Å². The maximum Gasteiger partial charge on any atom is 0.222 e. The molecular weight excluding hydrogens is 188 g/mol. The van der Waals surface area contributed by atoms with Gasteiger partial charge in [-0.05, 0) is 26.3 Å². The van der Waals surface area contributed by atoms with Crippen LogP contribution in [-0.4, -0.2) is 30.4 Å². The number of nitrogens with zero attached hydrogens (tertiary/aromatic N) is 1. The molecule has 3 nitrogen and oxygen atoms in total. The van der Waals surface area contributed by atoms with Gasteiger partial charge in [-0.25, -0.2) is 0 Å². The number of nitrogens with two attached hydrogens (primary N) is 1. The molecule has 0 aromatic rings. The predicted octanol–water partition coefficient (Wildman–Crippen LogP) is 1.93. The highest BCUT2D eigenvalue weighted by Gasteiger charge is 2.08. The molecule has 15 heavy (non-hydrogen) atoms. The van der Waals surface area contributed by atoms with Crippen LogP contribution in [0.3, 0.4) is 0 Å². The highest BCUT2D eigenvalue weighted by atomic mass is 16.2. The Balaban J connectivity index is 3.57. The molecule has 0 aromatic heterocycles. The smallest absolute Gasteiger partial charge is 0.222 e. The Labute approximate surface area is 93.3 Å². The van der Waals surface area contributed by atoms with E-state index in [9.17, 15) is 4.79 Å². The molecule has 0 heterocycles.